The van der Waals surface area contributed by atoms with E-state index in [2.05, 4.69) is 0 Å². The van der Waals surface area contributed by atoms with Crippen LogP contribution >= 0.6 is 0 Å². The van der Waals surface area contributed by atoms with E-state index in [0.29, 0.717) is 29.0 Å². The van der Waals surface area contributed by atoms with Gasteiger partial charge in [-0.15, -0.1) is 0 Å². The summed E-state index contributed by atoms with van der Waals surface area (Å²) in [5.74, 6) is -0.230. The van der Waals surface area contributed by atoms with Crippen molar-refractivity contribution in [2.45, 2.75) is 27.2 Å². The van der Waals surface area contributed by atoms with Gasteiger partial charge in [0.15, 0.2) is 5.76 Å². The minimum atomic E-state index is -0.681. The van der Waals surface area contributed by atoms with Crippen molar-refractivity contribution in [2.24, 2.45) is 0 Å². The van der Waals surface area contributed by atoms with Gasteiger partial charge < -0.3 is 23.7 Å². The van der Waals surface area contributed by atoms with Gasteiger partial charge >= 0.3 is 5.97 Å². The molecule has 0 amide bonds. The molecule has 3 aromatic rings. The highest BCUT2D eigenvalue weighted by Gasteiger charge is 2.25. The Hall–Kier alpha value is -3.74. The molecule has 162 valence electrons. The van der Waals surface area contributed by atoms with Gasteiger partial charge in [-0.05, 0) is 44.5 Å². The number of aromatic hydroxyl groups is 1. The van der Waals surface area contributed by atoms with Gasteiger partial charge in [0.05, 0.1) is 14.2 Å². The van der Waals surface area contributed by atoms with Crippen molar-refractivity contribution in [2.75, 3.05) is 14.2 Å². The Morgan fingerprint density at radius 3 is 2.32 bits per heavy atom. The largest absolute Gasteiger partial charge is 0.507 e. The Bertz CT molecular complexity index is 1210. The first kappa shape index (κ1) is 22.0. The number of carbonyl (C=O) groups excluding carboxylic acids is 1. The summed E-state index contributed by atoms with van der Waals surface area (Å²) in [4.78, 5) is 25.0. The normalized spacial score (nSPS) is 10.6. The molecule has 2 aromatic carbocycles. The minimum absolute atomic E-state index is 0.0708. The van der Waals surface area contributed by atoms with E-state index in [1.54, 1.807) is 31.4 Å². The average Bonchev–Trinajstić information content (AvgIpc) is 2.73. The highest BCUT2D eigenvalue weighted by molar-refractivity contribution is 5.92. The van der Waals surface area contributed by atoms with E-state index in [4.69, 9.17) is 18.6 Å². The Balaban J connectivity index is 2.42. The number of fused-ring (bicyclic) bond motifs is 1. The van der Waals surface area contributed by atoms with Crippen molar-refractivity contribution >= 4 is 16.9 Å². The van der Waals surface area contributed by atoms with E-state index >= 15 is 0 Å². The lowest BCUT2D eigenvalue weighted by atomic mass is 10.0. The van der Waals surface area contributed by atoms with Gasteiger partial charge in [-0.25, -0.2) is 0 Å². The van der Waals surface area contributed by atoms with Crippen LogP contribution in [-0.4, -0.2) is 25.3 Å². The number of methoxy groups -OCH3 is 2. The highest BCUT2D eigenvalue weighted by Crippen LogP contribution is 2.39. The first-order chi connectivity index (χ1) is 14.8. The van der Waals surface area contributed by atoms with Crippen molar-refractivity contribution < 1.29 is 28.5 Å². The van der Waals surface area contributed by atoms with Crippen molar-refractivity contribution in [3.8, 4) is 34.3 Å². The summed E-state index contributed by atoms with van der Waals surface area (Å²) in [6.07, 6.45) is 2.38. The van der Waals surface area contributed by atoms with E-state index in [1.807, 2.05) is 19.9 Å². The monoisotopic (exact) mass is 424 g/mol. The zero-order chi connectivity index (χ0) is 22.7. The molecule has 1 aromatic heterocycles. The van der Waals surface area contributed by atoms with Gasteiger partial charge in [-0.2, -0.15) is 0 Å². The van der Waals surface area contributed by atoms with Crippen LogP contribution in [0.2, 0.25) is 0 Å². The first-order valence-corrected chi connectivity index (χ1v) is 9.62. The summed E-state index contributed by atoms with van der Waals surface area (Å²) in [6.45, 7) is 5.09. The second-order valence-corrected chi connectivity index (χ2v) is 7.18. The zero-order valence-electron chi connectivity index (χ0n) is 18.1. The topological polar surface area (TPSA) is 95.2 Å². The number of esters is 1. The fourth-order valence-corrected chi connectivity index (χ4v) is 3.21. The van der Waals surface area contributed by atoms with Crippen LogP contribution in [0.4, 0.5) is 0 Å². The summed E-state index contributed by atoms with van der Waals surface area (Å²) in [7, 11) is 3.02. The Morgan fingerprint density at radius 2 is 1.77 bits per heavy atom. The predicted molar refractivity (Wildman–Crippen MR) is 117 cm³/mol. The number of phenols is 1. The van der Waals surface area contributed by atoms with Gasteiger partial charge in [-0.3, -0.25) is 9.59 Å². The lowest BCUT2D eigenvalue weighted by Crippen LogP contribution is -2.14. The molecular weight excluding hydrogens is 400 g/mol. The van der Waals surface area contributed by atoms with Crippen LogP contribution in [-0.2, 0) is 11.2 Å². The summed E-state index contributed by atoms with van der Waals surface area (Å²) in [5.41, 5.74) is 1.68. The molecule has 0 aliphatic carbocycles. The van der Waals surface area contributed by atoms with E-state index in [0.717, 1.165) is 5.57 Å². The molecule has 0 fully saturated rings. The molecule has 0 radical (unpaired) electrons. The van der Waals surface area contributed by atoms with Crippen molar-refractivity contribution in [3.05, 3.63) is 57.8 Å². The molecule has 0 saturated heterocycles. The van der Waals surface area contributed by atoms with Crippen LogP contribution in [0.25, 0.3) is 22.3 Å². The van der Waals surface area contributed by atoms with Crippen LogP contribution in [0.5, 0.6) is 23.0 Å². The highest BCUT2D eigenvalue weighted by atomic mass is 16.5. The van der Waals surface area contributed by atoms with Crippen molar-refractivity contribution in [3.63, 3.8) is 0 Å². The molecule has 1 N–H and O–H groups in total. The van der Waals surface area contributed by atoms with E-state index < -0.39 is 11.4 Å². The molecule has 7 heteroatoms. The predicted octanol–water partition coefficient (Wildman–Crippen LogP) is 4.62. The standard InChI is InChI=1S/C24H24O7/c1-13(2)6-11-17-19(29-5)12-18(26)20-21(27)24(30-14(3)25)22(31-23(17)20)15-7-9-16(28-4)10-8-15/h6-10,12,26H,11H2,1-5H3. The van der Waals surface area contributed by atoms with E-state index in [-0.39, 0.29) is 28.2 Å². The number of allylic oxidation sites excluding steroid dienone is 2. The maximum atomic E-state index is 13.3. The van der Waals surface area contributed by atoms with Crippen LogP contribution in [0.15, 0.2) is 51.2 Å². The number of hydrogen-bond donors (Lipinski definition) is 1. The molecular formula is C24H24O7. The Kier molecular flexibility index (Phi) is 6.34. The fourth-order valence-electron chi connectivity index (χ4n) is 3.21. The SMILES string of the molecule is COc1ccc(-c2oc3c(CC=C(C)C)c(OC)cc(O)c3c(=O)c2OC(C)=O)cc1. The number of ether oxygens (including phenoxy) is 3. The summed E-state index contributed by atoms with van der Waals surface area (Å²) in [6, 6.07) is 8.13. The number of hydrogen-bond acceptors (Lipinski definition) is 7. The molecule has 1 heterocycles. The molecule has 0 spiro atoms. The molecule has 0 unspecified atom stereocenters. The second kappa shape index (κ2) is 8.95. The third-order valence-corrected chi connectivity index (χ3v) is 4.70. The van der Waals surface area contributed by atoms with Crippen LogP contribution in [0.1, 0.15) is 26.3 Å². The number of benzene rings is 2. The van der Waals surface area contributed by atoms with Crippen LogP contribution < -0.4 is 19.6 Å². The maximum Gasteiger partial charge on any atom is 0.308 e. The molecule has 7 nitrogen and oxygen atoms in total. The molecule has 0 atom stereocenters. The molecule has 0 aliphatic rings. The number of carbonyl (C=O) groups is 1. The third-order valence-electron chi connectivity index (χ3n) is 4.70. The Morgan fingerprint density at radius 1 is 1.10 bits per heavy atom. The average molecular weight is 424 g/mol. The second-order valence-electron chi connectivity index (χ2n) is 7.18. The van der Waals surface area contributed by atoms with Gasteiger partial charge in [-0.1, -0.05) is 11.6 Å². The Labute approximate surface area is 179 Å². The van der Waals surface area contributed by atoms with Crippen molar-refractivity contribution in [1.29, 1.82) is 0 Å². The molecule has 0 bridgehead atoms. The van der Waals surface area contributed by atoms with E-state index in [1.165, 1.54) is 20.1 Å². The van der Waals surface area contributed by atoms with Gasteiger partial charge in [0.1, 0.15) is 28.2 Å². The van der Waals surface area contributed by atoms with Crippen LogP contribution in [0, 0.1) is 0 Å². The molecule has 3 rings (SSSR count). The molecule has 0 aliphatic heterocycles. The lowest BCUT2D eigenvalue weighted by molar-refractivity contribution is -0.132. The molecule has 0 saturated carbocycles. The van der Waals surface area contributed by atoms with Gasteiger partial charge in [0, 0.05) is 24.1 Å². The first-order valence-electron chi connectivity index (χ1n) is 9.62. The minimum Gasteiger partial charge on any atom is -0.507 e. The lowest BCUT2D eigenvalue weighted by Gasteiger charge is -2.15. The smallest absolute Gasteiger partial charge is 0.308 e. The summed E-state index contributed by atoms with van der Waals surface area (Å²) < 4.78 is 22.0. The van der Waals surface area contributed by atoms with Crippen LogP contribution in [0.3, 0.4) is 0 Å². The quantitative estimate of drug-likeness (QED) is 0.456. The zero-order valence-corrected chi connectivity index (χ0v) is 18.1. The summed E-state index contributed by atoms with van der Waals surface area (Å²) >= 11 is 0. The maximum absolute atomic E-state index is 13.3. The number of phenolic OH excluding ortho intramolecular Hbond substituents is 1. The molecule has 31 heavy (non-hydrogen) atoms. The van der Waals surface area contributed by atoms with Gasteiger partial charge in [0.25, 0.3) is 0 Å². The van der Waals surface area contributed by atoms with Gasteiger partial charge in [0.2, 0.25) is 11.2 Å². The van der Waals surface area contributed by atoms with E-state index in [9.17, 15) is 14.7 Å². The third kappa shape index (κ3) is 4.40. The summed E-state index contributed by atoms with van der Waals surface area (Å²) in [5, 5.41) is 10.5. The fraction of sp³-hybridized carbons (Fsp3) is 0.250. The van der Waals surface area contributed by atoms with Crippen molar-refractivity contribution in [1.82, 2.24) is 0 Å². The number of rotatable bonds is 6.